The third-order valence-electron chi connectivity index (χ3n) is 3.54. The maximum atomic E-state index is 10.4. The molecule has 0 saturated carbocycles. The number of thioether (sulfide) groups is 1. The second-order valence-electron chi connectivity index (χ2n) is 4.82. The fraction of sp³-hybridized carbons (Fsp3) is 0.111. The summed E-state index contributed by atoms with van der Waals surface area (Å²) in [6, 6.07) is 20.5. The largest absolute Gasteiger partial charge is 0.507 e. The normalized spacial score (nSPS) is 10.8. The Balaban J connectivity index is 1.95. The van der Waals surface area contributed by atoms with Crippen LogP contribution in [0.4, 0.5) is 0 Å². The van der Waals surface area contributed by atoms with E-state index in [0.717, 1.165) is 22.8 Å². The number of rotatable bonds is 3. The predicted octanol–water partition coefficient (Wildman–Crippen LogP) is 4.86. The highest BCUT2D eigenvalue weighted by atomic mass is 32.2. The van der Waals surface area contributed by atoms with Crippen molar-refractivity contribution in [2.75, 3.05) is 6.26 Å². The van der Waals surface area contributed by atoms with Crippen LogP contribution in [0.5, 0.6) is 5.75 Å². The summed E-state index contributed by atoms with van der Waals surface area (Å²) >= 11 is 1.74. The third-order valence-corrected chi connectivity index (χ3v) is 4.28. The zero-order chi connectivity index (χ0) is 13.9. The van der Waals surface area contributed by atoms with Crippen LogP contribution in [0, 0.1) is 0 Å². The van der Waals surface area contributed by atoms with E-state index in [1.165, 1.54) is 10.5 Å². The van der Waals surface area contributed by atoms with E-state index in [1.807, 2.05) is 30.3 Å². The molecule has 0 radical (unpaired) electrons. The van der Waals surface area contributed by atoms with Crippen LogP contribution in [-0.2, 0) is 6.42 Å². The van der Waals surface area contributed by atoms with Gasteiger partial charge in [0.15, 0.2) is 0 Å². The Hall–Kier alpha value is -1.93. The van der Waals surface area contributed by atoms with Crippen molar-refractivity contribution in [3.05, 3.63) is 71.8 Å². The van der Waals surface area contributed by atoms with Crippen molar-refractivity contribution in [1.82, 2.24) is 0 Å². The molecule has 3 aromatic carbocycles. The molecule has 0 spiro atoms. The monoisotopic (exact) mass is 280 g/mol. The van der Waals surface area contributed by atoms with Gasteiger partial charge in [0.2, 0.25) is 0 Å². The minimum Gasteiger partial charge on any atom is -0.507 e. The predicted molar refractivity (Wildman–Crippen MR) is 86.6 cm³/mol. The average Bonchev–Trinajstić information content (AvgIpc) is 2.51. The number of phenols is 1. The van der Waals surface area contributed by atoms with Gasteiger partial charge in [0.05, 0.1) is 0 Å². The Kier molecular flexibility index (Phi) is 3.66. The lowest BCUT2D eigenvalue weighted by molar-refractivity contribution is 0.476. The molecule has 0 unspecified atom stereocenters. The fourth-order valence-corrected chi connectivity index (χ4v) is 2.81. The van der Waals surface area contributed by atoms with Crippen molar-refractivity contribution >= 4 is 22.5 Å². The zero-order valence-corrected chi connectivity index (χ0v) is 12.2. The summed E-state index contributed by atoms with van der Waals surface area (Å²) in [5, 5.41) is 12.4. The van der Waals surface area contributed by atoms with Gasteiger partial charge in [0, 0.05) is 16.7 Å². The molecule has 0 heterocycles. The molecule has 0 aromatic heterocycles. The van der Waals surface area contributed by atoms with Crippen LogP contribution < -0.4 is 0 Å². The van der Waals surface area contributed by atoms with Crippen molar-refractivity contribution in [1.29, 1.82) is 0 Å². The van der Waals surface area contributed by atoms with Crippen molar-refractivity contribution in [2.45, 2.75) is 11.3 Å². The highest BCUT2D eigenvalue weighted by molar-refractivity contribution is 7.98. The van der Waals surface area contributed by atoms with Crippen LogP contribution in [0.1, 0.15) is 11.1 Å². The molecule has 0 aliphatic carbocycles. The summed E-state index contributed by atoms with van der Waals surface area (Å²) in [7, 11) is 0. The van der Waals surface area contributed by atoms with Gasteiger partial charge < -0.3 is 5.11 Å². The fourth-order valence-electron chi connectivity index (χ4n) is 2.41. The van der Waals surface area contributed by atoms with E-state index in [1.54, 1.807) is 11.8 Å². The zero-order valence-electron chi connectivity index (χ0n) is 11.3. The number of hydrogen-bond acceptors (Lipinski definition) is 2. The van der Waals surface area contributed by atoms with Gasteiger partial charge in [0.25, 0.3) is 0 Å². The van der Waals surface area contributed by atoms with Crippen LogP contribution in [0.2, 0.25) is 0 Å². The summed E-state index contributed by atoms with van der Waals surface area (Å²) in [6.45, 7) is 0. The molecule has 100 valence electrons. The second kappa shape index (κ2) is 5.59. The summed E-state index contributed by atoms with van der Waals surface area (Å²) in [6.07, 6.45) is 2.83. The van der Waals surface area contributed by atoms with E-state index in [-0.39, 0.29) is 0 Å². The summed E-state index contributed by atoms with van der Waals surface area (Å²) < 4.78 is 0. The van der Waals surface area contributed by atoms with Gasteiger partial charge in [-0.1, -0.05) is 48.5 Å². The number of phenolic OH excluding ortho intramolecular Hbond substituents is 1. The van der Waals surface area contributed by atoms with Crippen molar-refractivity contribution in [3.8, 4) is 5.75 Å². The Labute approximate surface area is 123 Å². The van der Waals surface area contributed by atoms with Gasteiger partial charge in [-0.3, -0.25) is 0 Å². The molecule has 0 bridgehead atoms. The Morgan fingerprint density at radius 2 is 1.65 bits per heavy atom. The molecule has 0 aliphatic heterocycles. The van der Waals surface area contributed by atoms with E-state index in [0.29, 0.717) is 5.75 Å². The lowest BCUT2D eigenvalue weighted by atomic mass is 10.00. The first-order valence-electron chi connectivity index (χ1n) is 6.60. The first-order chi connectivity index (χ1) is 9.78. The maximum absolute atomic E-state index is 10.4. The molecule has 0 aliphatic rings. The van der Waals surface area contributed by atoms with Crippen LogP contribution >= 0.6 is 11.8 Å². The van der Waals surface area contributed by atoms with E-state index >= 15 is 0 Å². The van der Waals surface area contributed by atoms with Crippen molar-refractivity contribution in [2.24, 2.45) is 0 Å². The SMILES string of the molecule is CSc1ccc(Cc2ccc3ccccc3c2O)cc1. The van der Waals surface area contributed by atoms with E-state index in [2.05, 4.69) is 36.6 Å². The van der Waals surface area contributed by atoms with E-state index in [4.69, 9.17) is 0 Å². The molecule has 0 fully saturated rings. The van der Waals surface area contributed by atoms with Crippen molar-refractivity contribution in [3.63, 3.8) is 0 Å². The minimum absolute atomic E-state index is 0.400. The topological polar surface area (TPSA) is 20.2 Å². The smallest absolute Gasteiger partial charge is 0.126 e. The number of aromatic hydroxyl groups is 1. The van der Waals surface area contributed by atoms with Crippen LogP contribution in [0.3, 0.4) is 0 Å². The van der Waals surface area contributed by atoms with Crippen LogP contribution in [0.25, 0.3) is 10.8 Å². The van der Waals surface area contributed by atoms with E-state index in [9.17, 15) is 5.11 Å². The molecular weight excluding hydrogens is 264 g/mol. The number of benzene rings is 3. The lowest BCUT2D eigenvalue weighted by Gasteiger charge is -2.08. The molecule has 3 aromatic rings. The molecule has 2 heteroatoms. The summed E-state index contributed by atoms with van der Waals surface area (Å²) in [5.74, 6) is 0.400. The van der Waals surface area contributed by atoms with Gasteiger partial charge in [-0.15, -0.1) is 11.8 Å². The van der Waals surface area contributed by atoms with Gasteiger partial charge in [-0.05, 0) is 34.9 Å². The highest BCUT2D eigenvalue weighted by Crippen LogP contribution is 2.30. The molecule has 1 nitrogen and oxygen atoms in total. The highest BCUT2D eigenvalue weighted by Gasteiger charge is 2.06. The van der Waals surface area contributed by atoms with Gasteiger partial charge in [-0.25, -0.2) is 0 Å². The average molecular weight is 280 g/mol. The summed E-state index contributed by atoms with van der Waals surface area (Å²) in [5.41, 5.74) is 2.19. The lowest BCUT2D eigenvalue weighted by Crippen LogP contribution is -1.90. The van der Waals surface area contributed by atoms with Crippen LogP contribution in [0.15, 0.2) is 65.6 Å². The molecule has 1 N–H and O–H groups in total. The first-order valence-corrected chi connectivity index (χ1v) is 7.83. The molecule has 20 heavy (non-hydrogen) atoms. The minimum atomic E-state index is 0.400. The maximum Gasteiger partial charge on any atom is 0.126 e. The molecule has 0 amide bonds. The van der Waals surface area contributed by atoms with Gasteiger partial charge in [0.1, 0.15) is 5.75 Å². The number of fused-ring (bicyclic) bond motifs is 1. The second-order valence-corrected chi connectivity index (χ2v) is 5.70. The van der Waals surface area contributed by atoms with Crippen LogP contribution in [-0.4, -0.2) is 11.4 Å². The van der Waals surface area contributed by atoms with Gasteiger partial charge >= 0.3 is 0 Å². The summed E-state index contributed by atoms with van der Waals surface area (Å²) in [4.78, 5) is 1.26. The molecule has 0 saturated heterocycles. The van der Waals surface area contributed by atoms with E-state index < -0.39 is 0 Å². The molecular formula is C18H16OS. The Morgan fingerprint density at radius 1 is 0.900 bits per heavy atom. The standard InChI is InChI=1S/C18H16OS/c1-20-16-10-6-13(7-11-16)12-15-9-8-14-4-2-3-5-17(14)18(15)19/h2-11,19H,12H2,1H3. The third kappa shape index (κ3) is 2.52. The molecule has 0 atom stereocenters. The quantitative estimate of drug-likeness (QED) is 0.691. The first kappa shape index (κ1) is 13.1. The Bertz CT molecular complexity index is 732. The van der Waals surface area contributed by atoms with Gasteiger partial charge in [-0.2, -0.15) is 0 Å². The Morgan fingerprint density at radius 3 is 2.40 bits per heavy atom. The molecule has 3 rings (SSSR count). The van der Waals surface area contributed by atoms with Crippen molar-refractivity contribution < 1.29 is 5.11 Å². The number of hydrogen-bond donors (Lipinski definition) is 1.